The number of hydrogen-bond donors (Lipinski definition) is 4. The van der Waals surface area contributed by atoms with Gasteiger partial charge in [0.1, 0.15) is 11.0 Å². The van der Waals surface area contributed by atoms with Gasteiger partial charge in [0.2, 0.25) is 17.7 Å². The molecule has 346 valence electrons. The van der Waals surface area contributed by atoms with Gasteiger partial charge in [-0.2, -0.15) is 0 Å². The van der Waals surface area contributed by atoms with Crippen LogP contribution in [0.5, 0.6) is 0 Å². The number of hydrogen-bond acceptors (Lipinski definition) is 9. The van der Waals surface area contributed by atoms with Crippen LogP contribution in [0.25, 0.3) is 21.1 Å². The van der Waals surface area contributed by atoms with Crippen molar-refractivity contribution in [2.45, 2.75) is 57.5 Å². The van der Waals surface area contributed by atoms with E-state index in [9.17, 15) is 24.0 Å². The van der Waals surface area contributed by atoms with Crippen LogP contribution in [0, 0.1) is 22.7 Å². The molecule has 0 bridgehead atoms. The largest absolute Gasteiger partial charge is 0.393 e. The van der Waals surface area contributed by atoms with Gasteiger partial charge in [-0.05, 0) is 91.9 Å². The molecule has 4 aromatic carbocycles. The van der Waals surface area contributed by atoms with Gasteiger partial charge in [0.05, 0.1) is 81.2 Å². The summed E-state index contributed by atoms with van der Waals surface area (Å²) in [4.78, 5) is 81.2. The second-order valence-electron chi connectivity index (χ2n) is 19.4. The molecule has 0 saturated carbocycles. The van der Waals surface area contributed by atoms with Crippen LogP contribution in [0.15, 0.2) is 97.2 Å². The van der Waals surface area contributed by atoms with Gasteiger partial charge < -0.3 is 30.2 Å². The Bertz CT molecular complexity index is 2870. The highest BCUT2D eigenvalue weighted by Gasteiger charge is 2.49. The van der Waals surface area contributed by atoms with Crippen LogP contribution in [0.1, 0.15) is 51.2 Å². The highest BCUT2D eigenvalue weighted by atomic mass is 32.1. The Morgan fingerprint density at radius 1 is 0.806 bits per heavy atom. The number of carbonyl (C=O) groups is 5. The summed E-state index contributed by atoms with van der Waals surface area (Å²) in [5, 5.41) is 10.8. The Hall–Kier alpha value is -6.66. The summed E-state index contributed by atoms with van der Waals surface area (Å²) in [5.74, 6) is 3.45. The molecule has 2 aliphatic carbocycles. The zero-order chi connectivity index (χ0) is 47.3. The van der Waals surface area contributed by atoms with E-state index < -0.39 is 41.1 Å². The molecule has 8 rings (SSSR count). The Morgan fingerprint density at radius 2 is 1.40 bits per heavy atom. The molecule has 0 spiro atoms. The van der Waals surface area contributed by atoms with Gasteiger partial charge >= 0.3 is 11.9 Å². The van der Waals surface area contributed by atoms with Crippen LogP contribution >= 0.6 is 11.3 Å². The van der Waals surface area contributed by atoms with Crippen LogP contribution in [-0.4, -0.2) is 110 Å². The smallest absolute Gasteiger partial charge is 0.314 e. The number of likely N-dealkylation sites (N-methyl/N-ethyl adjacent to an activating group) is 1. The lowest BCUT2D eigenvalue weighted by molar-refractivity contribution is -0.869. The Kier molecular flexibility index (Phi) is 13.8. The van der Waals surface area contributed by atoms with Crippen molar-refractivity contribution in [2.24, 2.45) is 10.8 Å². The minimum atomic E-state index is -1.35. The van der Waals surface area contributed by atoms with E-state index in [1.54, 1.807) is 0 Å². The Morgan fingerprint density at radius 3 is 2.01 bits per heavy atom. The van der Waals surface area contributed by atoms with Crippen molar-refractivity contribution >= 4 is 62.1 Å². The normalized spacial score (nSPS) is 15.0. The molecule has 0 aliphatic heterocycles. The molecule has 13 nitrogen and oxygen atoms in total. The summed E-state index contributed by atoms with van der Waals surface area (Å²) >= 11 is 1.47. The average molecular weight is 921 g/mol. The number of benzene rings is 4. The second-order valence-corrected chi connectivity index (χ2v) is 20.5. The van der Waals surface area contributed by atoms with Crippen molar-refractivity contribution in [2.75, 3.05) is 54.9 Å². The summed E-state index contributed by atoms with van der Waals surface area (Å²) < 4.78 is 7.19. The van der Waals surface area contributed by atoms with Gasteiger partial charge in [0.15, 0.2) is 0 Å². The number of aromatic amines is 1. The third-order valence-electron chi connectivity index (χ3n) is 12.8. The molecule has 1 atom stereocenters. The van der Waals surface area contributed by atoms with E-state index in [0.29, 0.717) is 29.1 Å². The number of rotatable bonds is 16. The van der Waals surface area contributed by atoms with Gasteiger partial charge in [0.25, 0.3) is 0 Å². The number of thiazole rings is 1. The fraction of sp³-hybridized carbons (Fsp3) is 0.358. The van der Waals surface area contributed by atoms with Gasteiger partial charge in [-0.25, -0.2) is 4.98 Å². The van der Waals surface area contributed by atoms with Crippen LogP contribution in [-0.2, 0) is 67.4 Å². The molecule has 2 heterocycles. The molecule has 0 fully saturated rings. The molecule has 2 aliphatic rings. The number of quaternary nitrogens is 1. The maximum absolute atomic E-state index is 14.8. The average Bonchev–Trinajstić information content (AvgIpc) is 4.07. The maximum atomic E-state index is 14.8. The summed E-state index contributed by atoms with van der Waals surface area (Å²) in [6.07, 6.45) is 2.27. The SMILES string of the molecule is CN(C)CC#Cc1ccc2nc(CNC(=O)C3(CC(=O)OC(=O)CC4(C(=O)N[C@@H](Cc5c[nH]c6ccccc56)C(=O)NCC[N+](C)(C)C)Cc5ccccc5C4)Cc4ccccc4C3)sc2c1. The first-order chi connectivity index (χ1) is 32.1. The number of fused-ring (bicyclic) bond motifs is 4. The minimum absolute atomic E-state index is 0.152. The number of esters is 2. The van der Waals surface area contributed by atoms with Crippen molar-refractivity contribution in [3.63, 3.8) is 0 Å². The molecule has 6 aromatic rings. The van der Waals surface area contributed by atoms with Crippen molar-refractivity contribution in [1.82, 2.24) is 30.8 Å². The van der Waals surface area contributed by atoms with Crippen LogP contribution in [0.2, 0.25) is 0 Å². The van der Waals surface area contributed by atoms with E-state index in [1.165, 1.54) is 11.3 Å². The minimum Gasteiger partial charge on any atom is -0.393 e. The van der Waals surface area contributed by atoms with Gasteiger partial charge in [-0.3, -0.25) is 28.9 Å². The Balaban J connectivity index is 0.981. The molecular weight excluding hydrogens is 863 g/mol. The van der Waals surface area contributed by atoms with Crippen molar-refractivity contribution in [3.05, 3.63) is 136 Å². The summed E-state index contributed by atoms with van der Waals surface area (Å²) in [6.45, 7) is 1.87. The number of carbonyl (C=O) groups excluding carboxylic acids is 5. The first kappa shape index (κ1) is 46.9. The fourth-order valence-corrected chi connectivity index (χ4v) is 10.3. The molecule has 4 N–H and O–H groups in total. The highest BCUT2D eigenvalue weighted by molar-refractivity contribution is 7.18. The quantitative estimate of drug-likeness (QED) is 0.0442. The number of nitrogens with one attached hydrogen (secondary N) is 4. The van der Waals surface area contributed by atoms with E-state index >= 15 is 0 Å². The van der Waals surface area contributed by atoms with E-state index in [2.05, 4.69) is 32.8 Å². The first-order valence-corrected chi connectivity index (χ1v) is 23.5. The zero-order valence-electron chi connectivity index (χ0n) is 38.8. The van der Waals surface area contributed by atoms with Gasteiger partial charge in [-0.1, -0.05) is 78.6 Å². The van der Waals surface area contributed by atoms with Crippen LogP contribution < -0.4 is 16.0 Å². The maximum Gasteiger partial charge on any atom is 0.314 e. The molecule has 0 saturated heterocycles. The zero-order valence-corrected chi connectivity index (χ0v) is 39.6. The number of amides is 3. The van der Waals surface area contributed by atoms with E-state index in [-0.39, 0.29) is 56.9 Å². The molecule has 3 amide bonds. The molecule has 0 unspecified atom stereocenters. The highest BCUT2D eigenvalue weighted by Crippen LogP contribution is 2.43. The molecule has 2 aromatic heterocycles. The third-order valence-corrected chi connectivity index (χ3v) is 13.8. The molecule has 67 heavy (non-hydrogen) atoms. The first-order valence-electron chi connectivity index (χ1n) is 22.7. The standard InChI is InChI=1S/C53H57N7O6S/c1-59(2)23-12-13-35-20-21-43-45(25-35)67-46(57-43)34-56-50(64)52(27-36-14-6-7-15-37(36)28-52)31-47(61)66-48(62)32-53(29-38-16-8-9-17-39(38)30-53)51(65)58-44(49(63)54-22-24-60(3,4)5)26-40-33-55-42-19-11-10-18-41(40)42/h6-11,14-21,25,33,44,55H,22-24,26-32,34H2,1-5H3,(H2-,54,56,58,63,64,65)/p+1/t44-/m0/s1. The van der Waals surface area contributed by atoms with Crippen molar-refractivity contribution in [1.29, 1.82) is 0 Å². The van der Waals surface area contributed by atoms with Crippen molar-refractivity contribution in [3.8, 4) is 11.8 Å². The predicted molar refractivity (Wildman–Crippen MR) is 260 cm³/mol. The van der Waals surface area contributed by atoms with E-state index in [4.69, 9.17) is 9.72 Å². The van der Waals surface area contributed by atoms with Crippen molar-refractivity contribution < 1.29 is 33.2 Å². The Labute approximate surface area is 395 Å². The third kappa shape index (κ3) is 11.1. The second kappa shape index (κ2) is 19.7. The number of nitrogens with zero attached hydrogens (tertiary/aromatic N) is 3. The summed E-state index contributed by atoms with van der Waals surface area (Å²) in [5.41, 5.74) is 4.58. The number of para-hydroxylation sites is 1. The summed E-state index contributed by atoms with van der Waals surface area (Å²) in [7, 11) is 10.0. The molecule has 0 radical (unpaired) electrons. The van der Waals surface area contributed by atoms with Crippen LogP contribution in [0.4, 0.5) is 0 Å². The van der Waals surface area contributed by atoms with Gasteiger partial charge in [-0.15, -0.1) is 11.3 Å². The monoisotopic (exact) mass is 920 g/mol. The lowest BCUT2D eigenvalue weighted by atomic mass is 9.79. The van der Waals surface area contributed by atoms with E-state index in [0.717, 1.165) is 54.5 Å². The van der Waals surface area contributed by atoms with Gasteiger partial charge in [0, 0.05) is 29.1 Å². The lowest BCUT2D eigenvalue weighted by Gasteiger charge is -2.30. The summed E-state index contributed by atoms with van der Waals surface area (Å²) in [6, 6.07) is 28.0. The molecular formula is C53H58N7O6S+. The number of aromatic nitrogens is 2. The van der Waals surface area contributed by atoms with E-state index in [1.807, 2.05) is 137 Å². The number of ether oxygens (including phenoxy) is 1. The molecule has 14 heteroatoms. The number of H-pyrrole nitrogens is 1. The topological polar surface area (TPSA) is 163 Å². The fourth-order valence-electron chi connectivity index (χ4n) is 9.32. The predicted octanol–water partition coefficient (Wildman–Crippen LogP) is 5.28. The lowest BCUT2D eigenvalue weighted by Crippen LogP contribution is -2.54. The van der Waals surface area contributed by atoms with Crippen LogP contribution in [0.3, 0.4) is 0 Å².